The molecular formula is C9H19BrO. The molecule has 0 aliphatic carbocycles. The Morgan fingerprint density at radius 1 is 1.27 bits per heavy atom. The minimum Gasteiger partial charge on any atom is -0.376 e. The van der Waals surface area contributed by atoms with E-state index < -0.39 is 0 Å². The van der Waals surface area contributed by atoms with E-state index in [0.29, 0.717) is 0 Å². The van der Waals surface area contributed by atoms with Crippen LogP contribution < -0.4 is 0 Å². The van der Waals surface area contributed by atoms with Gasteiger partial charge < -0.3 is 4.74 Å². The Labute approximate surface area is 78.6 Å². The summed E-state index contributed by atoms with van der Waals surface area (Å²) in [4.78, 5) is 0. The van der Waals surface area contributed by atoms with Crippen LogP contribution in [0.15, 0.2) is 0 Å². The van der Waals surface area contributed by atoms with Gasteiger partial charge in [-0.15, -0.1) is 0 Å². The molecule has 0 aliphatic rings. The Morgan fingerprint density at radius 2 is 1.91 bits per heavy atom. The highest BCUT2D eigenvalue weighted by Gasteiger charge is 2.13. The summed E-state index contributed by atoms with van der Waals surface area (Å²) in [5.41, 5.74) is 0.0757. The van der Waals surface area contributed by atoms with E-state index in [2.05, 4.69) is 36.7 Å². The third kappa shape index (κ3) is 6.82. The number of hydrogen-bond donors (Lipinski definition) is 0. The molecule has 2 heteroatoms. The molecule has 0 atom stereocenters. The first-order chi connectivity index (χ1) is 5.12. The maximum absolute atomic E-state index is 5.66. The minimum atomic E-state index is 0.0757. The van der Waals surface area contributed by atoms with Crippen LogP contribution in [-0.2, 0) is 4.74 Å². The van der Waals surface area contributed by atoms with Crippen molar-refractivity contribution in [2.75, 3.05) is 11.9 Å². The highest BCUT2D eigenvalue weighted by atomic mass is 79.9. The van der Waals surface area contributed by atoms with E-state index in [1.807, 2.05) is 0 Å². The van der Waals surface area contributed by atoms with Gasteiger partial charge in [-0.05, 0) is 33.1 Å². The molecule has 0 N–H and O–H groups in total. The van der Waals surface area contributed by atoms with Gasteiger partial charge in [0.1, 0.15) is 0 Å². The van der Waals surface area contributed by atoms with E-state index in [0.717, 1.165) is 24.8 Å². The van der Waals surface area contributed by atoms with Crippen molar-refractivity contribution in [1.82, 2.24) is 0 Å². The summed E-state index contributed by atoms with van der Waals surface area (Å²) < 4.78 is 5.66. The molecule has 0 rings (SSSR count). The van der Waals surface area contributed by atoms with Gasteiger partial charge in [0, 0.05) is 11.9 Å². The molecule has 0 spiro atoms. The van der Waals surface area contributed by atoms with Crippen molar-refractivity contribution in [3.05, 3.63) is 0 Å². The molecule has 0 amide bonds. The Bertz CT molecular complexity index is 91.6. The second-order valence-electron chi connectivity index (χ2n) is 3.36. The Morgan fingerprint density at radius 3 is 2.36 bits per heavy atom. The second kappa shape index (κ2) is 6.01. The first kappa shape index (κ1) is 11.4. The number of rotatable bonds is 6. The van der Waals surface area contributed by atoms with Crippen LogP contribution in [0.5, 0.6) is 0 Å². The molecule has 0 bridgehead atoms. The van der Waals surface area contributed by atoms with Crippen molar-refractivity contribution >= 4 is 15.9 Å². The highest BCUT2D eigenvalue weighted by molar-refractivity contribution is 9.09. The van der Waals surface area contributed by atoms with Gasteiger partial charge in [-0.1, -0.05) is 22.9 Å². The first-order valence-corrected chi connectivity index (χ1v) is 5.44. The van der Waals surface area contributed by atoms with Crippen molar-refractivity contribution < 1.29 is 4.74 Å². The summed E-state index contributed by atoms with van der Waals surface area (Å²) >= 11 is 3.39. The van der Waals surface area contributed by atoms with Gasteiger partial charge in [0.05, 0.1) is 5.60 Å². The smallest absolute Gasteiger partial charge is 0.0623 e. The molecule has 0 fully saturated rings. The van der Waals surface area contributed by atoms with Crippen molar-refractivity contribution in [3.8, 4) is 0 Å². The van der Waals surface area contributed by atoms with Crippen LogP contribution in [0.4, 0.5) is 0 Å². The van der Waals surface area contributed by atoms with Crippen molar-refractivity contribution in [3.63, 3.8) is 0 Å². The molecule has 1 nitrogen and oxygen atoms in total. The summed E-state index contributed by atoms with van der Waals surface area (Å²) in [5, 5.41) is 1.09. The van der Waals surface area contributed by atoms with Gasteiger partial charge in [0.25, 0.3) is 0 Å². The molecule has 0 saturated carbocycles. The summed E-state index contributed by atoms with van der Waals surface area (Å²) in [5.74, 6) is 0. The van der Waals surface area contributed by atoms with Crippen LogP contribution in [0.25, 0.3) is 0 Å². The van der Waals surface area contributed by atoms with Crippen LogP contribution in [0.2, 0.25) is 0 Å². The fraction of sp³-hybridized carbons (Fsp3) is 1.00. The first-order valence-electron chi connectivity index (χ1n) is 4.32. The predicted octanol–water partition coefficient (Wildman–Crippen LogP) is 3.37. The number of halogens is 1. The predicted molar refractivity (Wildman–Crippen MR) is 53.4 cm³/mol. The number of hydrogen-bond acceptors (Lipinski definition) is 1. The van der Waals surface area contributed by atoms with Crippen LogP contribution in [0.3, 0.4) is 0 Å². The van der Waals surface area contributed by atoms with E-state index in [-0.39, 0.29) is 5.60 Å². The average molecular weight is 223 g/mol. The molecule has 0 saturated heterocycles. The largest absolute Gasteiger partial charge is 0.376 e. The zero-order valence-electron chi connectivity index (χ0n) is 7.82. The van der Waals surface area contributed by atoms with Gasteiger partial charge in [0.2, 0.25) is 0 Å². The van der Waals surface area contributed by atoms with Gasteiger partial charge in [-0.3, -0.25) is 0 Å². The zero-order chi connectivity index (χ0) is 8.74. The fourth-order valence-electron chi connectivity index (χ4n) is 0.647. The van der Waals surface area contributed by atoms with Gasteiger partial charge in [-0.25, -0.2) is 0 Å². The quantitative estimate of drug-likeness (QED) is 0.495. The normalized spacial score (nSPS) is 12.0. The molecule has 0 unspecified atom stereocenters. The Kier molecular flexibility index (Phi) is 6.25. The van der Waals surface area contributed by atoms with Gasteiger partial charge in [-0.2, -0.15) is 0 Å². The van der Waals surface area contributed by atoms with Crippen molar-refractivity contribution in [1.29, 1.82) is 0 Å². The Hall–Kier alpha value is 0.440. The zero-order valence-corrected chi connectivity index (χ0v) is 9.41. The third-order valence-electron chi connectivity index (χ3n) is 1.87. The van der Waals surface area contributed by atoms with Gasteiger partial charge >= 0.3 is 0 Å². The summed E-state index contributed by atoms with van der Waals surface area (Å²) in [6.07, 6.45) is 3.45. The standard InChI is InChI=1S/C9H19BrO/c1-4-9(2,3)11-8-6-5-7-10/h4-8H2,1-3H3. The van der Waals surface area contributed by atoms with Crippen molar-refractivity contribution in [2.24, 2.45) is 0 Å². The molecular weight excluding hydrogens is 204 g/mol. The Balaban J connectivity index is 3.23. The monoisotopic (exact) mass is 222 g/mol. The maximum Gasteiger partial charge on any atom is 0.0623 e. The molecule has 11 heavy (non-hydrogen) atoms. The highest BCUT2D eigenvalue weighted by Crippen LogP contribution is 2.13. The average Bonchev–Trinajstić information content (AvgIpc) is 1.99. The van der Waals surface area contributed by atoms with Crippen molar-refractivity contribution in [2.45, 2.75) is 45.6 Å². The van der Waals surface area contributed by atoms with Crippen LogP contribution in [0.1, 0.15) is 40.0 Å². The summed E-state index contributed by atoms with van der Waals surface area (Å²) in [6.45, 7) is 7.33. The third-order valence-corrected chi connectivity index (χ3v) is 2.43. The van der Waals surface area contributed by atoms with Crippen LogP contribution in [-0.4, -0.2) is 17.5 Å². The topological polar surface area (TPSA) is 9.23 Å². The lowest BCUT2D eigenvalue weighted by atomic mass is 10.1. The van der Waals surface area contributed by atoms with E-state index in [1.165, 1.54) is 6.42 Å². The second-order valence-corrected chi connectivity index (χ2v) is 4.15. The molecule has 0 aromatic carbocycles. The summed E-state index contributed by atoms with van der Waals surface area (Å²) in [7, 11) is 0. The minimum absolute atomic E-state index is 0.0757. The molecule has 68 valence electrons. The van der Waals surface area contributed by atoms with E-state index in [4.69, 9.17) is 4.74 Å². The number of ether oxygens (including phenoxy) is 1. The SMILES string of the molecule is CCC(C)(C)OCCCCBr. The van der Waals surface area contributed by atoms with E-state index >= 15 is 0 Å². The van der Waals surface area contributed by atoms with Gasteiger partial charge in [0.15, 0.2) is 0 Å². The number of unbranched alkanes of at least 4 members (excludes halogenated alkanes) is 1. The van der Waals surface area contributed by atoms with Crippen LogP contribution in [0, 0.1) is 0 Å². The lowest BCUT2D eigenvalue weighted by molar-refractivity contribution is -0.0210. The molecule has 0 heterocycles. The molecule has 0 aromatic rings. The summed E-state index contributed by atoms with van der Waals surface area (Å²) in [6, 6.07) is 0. The lowest BCUT2D eigenvalue weighted by Crippen LogP contribution is -2.23. The molecule has 0 aromatic heterocycles. The molecule has 0 radical (unpaired) electrons. The fourth-order valence-corrected chi connectivity index (χ4v) is 1.04. The van der Waals surface area contributed by atoms with Crippen LogP contribution >= 0.6 is 15.9 Å². The van der Waals surface area contributed by atoms with E-state index in [9.17, 15) is 0 Å². The lowest BCUT2D eigenvalue weighted by Gasteiger charge is -2.23. The maximum atomic E-state index is 5.66. The number of alkyl halides is 1. The molecule has 0 aliphatic heterocycles. The van der Waals surface area contributed by atoms with E-state index in [1.54, 1.807) is 0 Å².